The lowest BCUT2D eigenvalue weighted by Crippen LogP contribution is -1.68. The molecule has 2 aromatic heterocycles. The summed E-state index contributed by atoms with van der Waals surface area (Å²) >= 11 is 1.43. The van der Waals surface area contributed by atoms with Crippen LogP contribution in [0.2, 0.25) is 0 Å². The summed E-state index contributed by atoms with van der Waals surface area (Å²) in [5.74, 6) is 0. The Labute approximate surface area is 61.9 Å². The zero-order chi connectivity index (χ0) is 6.81. The maximum absolute atomic E-state index is 4.11. The zero-order valence-corrected chi connectivity index (χ0v) is 5.85. The second-order valence-corrected chi connectivity index (χ2v) is 2.46. The summed E-state index contributed by atoms with van der Waals surface area (Å²) in [7, 11) is 0. The van der Waals surface area contributed by atoms with E-state index in [2.05, 4.69) is 20.8 Å². The van der Waals surface area contributed by atoms with E-state index in [1.54, 1.807) is 6.20 Å². The molecule has 2 heterocycles. The van der Waals surface area contributed by atoms with Crippen molar-refractivity contribution < 1.29 is 0 Å². The molecule has 0 atom stereocenters. The summed E-state index contributed by atoms with van der Waals surface area (Å²) in [6.07, 6.45) is 4.55. The minimum Gasteiger partial charge on any atom is -0.284 e. The van der Waals surface area contributed by atoms with E-state index < -0.39 is 0 Å². The van der Waals surface area contributed by atoms with Crippen LogP contribution in [0.4, 0.5) is 0 Å². The molecule has 0 bridgehead atoms. The molecular formula is C6H4N3S. The van der Waals surface area contributed by atoms with Crippen molar-refractivity contribution in [1.29, 1.82) is 0 Å². The molecule has 49 valence electrons. The number of nitrogens with one attached hydrogen (secondary N) is 1. The van der Waals surface area contributed by atoms with Crippen LogP contribution in [0.1, 0.15) is 0 Å². The predicted molar refractivity (Wildman–Crippen MR) is 38.5 cm³/mol. The Bertz CT molecular complexity index is 252. The van der Waals surface area contributed by atoms with Crippen LogP contribution < -0.4 is 0 Å². The van der Waals surface area contributed by atoms with Crippen molar-refractivity contribution in [2.24, 2.45) is 0 Å². The maximum atomic E-state index is 4.11. The van der Waals surface area contributed by atoms with Gasteiger partial charge in [-0.25, -0.2) is 0 Å². The fourth-order valence-corrected chi connectivity index (χ4v) is 1.23. The summed E-state index contributed by atoms with van der Waals surface area (Å²) in [6.45, 7) is 0. The van der Waals surface area contributed by atoms with Crippen molar-refractivity contribution in [1.82, 2.24) is 14.6 Å². The van der Waals surface area contributed by atoms with Gasteiger partial charge in [0.05, 0.1) is 5.69 Å². The van der Waals surface area contributed by atoms with Crippen molar-refractivity contribution in [2.75, 3.05) is 0 Å². The van der Waals surface area contributed by atoms with Crippen LogP contribution in [0.5, 0.6) is 0 Å². The van der Waals surface area contributed by atoms with Crippen molar-refractivity contribution in [3.8, 4) is 11.3 Å². The average Bonchev–Trinajstić information content (AvgIpc) is 2.59. The van der Waals surface area contributed by atoms with Gasteiger partial charge in [-0.15, -0.1) is 0 Å². The first-order valence-corrected chi connectivity index (χ1v) is 3.63. The van der Waals surface area contributed by atoms with E-state index in [0.29, 0.717) is 0 Å². The minimum atomic E-state index is 0.918. The molecule has 0 aliphatic rings. The molecule has 0 aliphatic heterocycles. The van der Waals surface area contributed by atoms with Crippen LogP contribution in [0.15, 0.2) is 17.6 Å². The van der Waals surface area contributed by atoms with Gasteiger partial charge >= 0.3 is 0 Å². The second kappa shape index (κ2) is 2.22. The molecule has 0 fully saturated rings. The van der Waals surface area contributed by atoms with Gasteiger partial charge in [0.15, 0.2) is 0 Å². The van der Waals surface area contributed by atoms with E-state index in [1.165, 1.54) is 11.5 Å². The van der Waals surface area contributed by atoms with Gasteiger partial charge in [-0.2, -0.15) is 9.47 Å². The second-order valence-electron chi connectivity index (χ2n) is 1.80. The van der Waals surface area contributed by atoms with Gasteiger partial charge in [0.2, 0.25) is 0 Å². The van der Waals surface area contributed by atoms with E-state index in [9.17, 15) is 0 Å². The van der Waals surface area contributed by atoms with E-state index in [0.717, 1.165) is 11.3 Å². The molecule has 0 aliphatic carbocycles. The predicted octanol–water partition coefficient (Wildman–Crippen LogP) is 1.33. The van der Waals surface area contributed by atoms with Crippen LogP contribution in [0, 0.1) is 6.20 Å². The summed E-state index contributed by atoms with van der Waals surface area (Å²) in [5, 5.41) is 8.30. The van der Waals surface area contributed by atoms with Crippen LogP contribution >= 0.6 is 11.5 Å². The van der Waals surface area contributed by atoms with E-state index in [1.807, 2.05) is 11.4 Å². The molecule has 0 aromatic carbocycles. The van der Waals surface area contributed by atoms with Gasteiger partial charge in [-0.05, 0) is 17.6 Å². The lowest BCUT2D eigenvalue weighted by atomic mass is 10.3. The van der Waals surface area contributed by atoms with Crippen LogP contribution in [-0.2, 0) is 0 Å². The molecule has 1 N–H and O–H groups in total. The first kappa shape index (κ1) is 5.61. The Kier molecular flexibility index (Phi) is 1.25. The third kappa shape index (κ3) is 0.823. The molecule has 0 amide bonds. The highest BCUT2D eigenvalue weighted by atomic mass is 32.1. The summed E-state index contributed by atoms with van der Waals surface area (Å²) in [6, 6.07) is 1.94. The lowest BCUT2D eigenvalue weighted by Gasteiger charge is -1.81. The van der Waals surface area contributed by atoms with Gasteiger partial charge in [0.25, 0.3) is 0 Å². The van der Waals surface area contributed by atoms with Gasteiger partial charge < -0.3 is 0 Å². The first-order valence-electron chi connectivity index (χ1n) is 2.79. The number of aromatic nitrogens is 3. The Morgan fingerprint density at radius 1 is 1.60 bits per heavy atom. The number of aromatic amines is 1. The normalized spacial score (nSPS) is 10.0. The molecule has 1 radical (unpaired) electrons. The van der Waals surface area contributed by atoms with Gasteiger partial charge in [0.1, 0.15) is 6.20 Å². The molecule has 10 heavy (non-hydrogen) atoms. The minimum absolute atomic E-state index is 0.918. The third-order valence-corrected chi connectivity index (χ3v) is 1.72. The molecule has 2 aromatic rings. The van der Waals surface area contributed by atoms with Gasteiger partial charge in [-0.3, -0.25) is 5.10 Å². The highest BCUT2D eigenvalue weighted by molar-refractivity contribution is 7.03. The monoisotopic (exact) mass is 150 g/mol. The molecule has 0 saturated carbocycles. The van der Waals surface area contributed by atoms with Gasteiger partial charge in [-0.1, -0.05) is 0 Å². The Morgan fingerprint density at radius 3 is 3.20 bits per heavy atom. The van der Waals surface area contributed by atoms with Crippen molar-refractivity contribution >= 4 is 11.5 Å². The largest absolute Gasteiger partial charge is 0.284 e. The Hall–Kier alpha value is -1.16. The third-order valence-electron chi connectivity index (χ3n) is 1.16. The number of nitrogens with zero attached hydrogens (tertiary/aromatic N) is 2. The molecule has 4 heteroatoms. The molecule has 2 rings (SSSR count). The fourth-order valence-electron chi connectivity index (χ4n) is 0.704. The Balaban J connectivity index is 2.48. The number of hydrogen-bond acceptors (Lipinski definition) is 3. The van der Waals surface area contributed by atoms with E-state index >= 15 is 0 Å². The molecule has 0 saturated heterocycles. The topological polar surface area (TPSA) is 41.6 Å². The van der Waals surface area contributed by atoms with E-state index in [4.69, 9.17) is 0 Å². The van der Waals surface area contributed by atoms with Crippen LogP contribution in [-0.4, -0.2) is 14.6 Å². The standard InChI is InChI=1S/C6H4N3S/c1-2-10-9-6(1)5-3-7-8-4-5/h1-3H,(H,7,8). The van der Waals surface area contributed by atoms with Crippen LogP contribution in [0.3, 0.4) is 0 Å². The number of H-pyrrole nitrogens is 1. The summed E-state index contributed by atoms with van der Waals surface area (Å²) in [4.78, 5) is 0. The molecule has 0 spiro atoms. The lowest BCUT2D eigenvalue weighted by molar-refractivity contribution is 1.08. The first-order chi connectivity index (χ1) is 4.97. The quantitative estimate of drug-likeness (QED) is 0.666. The summed E-state index contributed by atoms with van der Waals surface area (Å²) in [5.41, 5.74) is 1.85. The van der Waals surface area contributed by atoms with Crippen molar-refractivity contribution in [2.45, 2.75) is 0 Å². The van der Waals surface area contributed by atoms with Crippen molar-refractivity contribution in [3.63, 3.8) is 0 Å². The molecule has 0 unspecified atom stereocenters. The average molecular weight is 150 g/mol. The molecular weight excluding hydrogens is 146 g/mol. The van der Waals surface area contributed by atoms with Gasteiger partial charge in [0, 0.05) is 17.1 Å². The SMILES string of the molecule is [c]1n[nH]cc1-c1ccsn1. The molecule has 3 nitrogen and oxygen atoms in total. The fraction of sp³-hybridized carbons (Fsp3) is 0. The van der Waals surface area contributed by atoms with Crippen LogP contribution in [0.25, 0.3) is 11.3 Å². The smallest absolute Gasteiger partial charge is 0.122 e. The zero-order valence-electron chi connectivity index (χ0n) is 5.03. The number of hydrogen-bond donors (Lipinski definition) is 1. The number of rotatable bonds is 1. The maximum Gasteiger partial charge on any atom is 0.122 e. The summed E-state index contributed by atoms with van der Waals surface area (Å²) < 4.78 is 4.11. The van der Waals surface area contributed by atoms with E-state index in [-0.39, 0.29) is 0 Å². The Morgan fingerprint density at radius 2 is 2.60 bits per heavy atom. The van der Waals surface area contributed by atoms with Crippen molar-refractivity contribution in [3.05, 3.63) is 23.8 Å². The highest BCUT2D eigenvalue weighted by Crippen LogP contribution is 2.14. The highest BCUT2D eigenvalue weighted by Gasteiger charge is 1.98.